The molecule has 0 fully saturated rings. The summed E-state index contributed by atoms with van der Waals surface area (Å²) in [5.74, 6) is -2.11. The molecule has 25 heavy (non-hydrogen) atoms. The van der Waals surface area contributed by atoms with Gasteiger partial charge in [-0.2, -0.15) is 0 Å². The van der Waals surface area contributed by atoms with Crippen molar-refractivity contribution in [2.75, 3.05) is 25.7 Å². The number of hydrogen-bond donors (Lipinski definition) is 1. The van der Waals surface area contributed by atoms with E-state index in [1.165, 1.54) is 18.7 Å². The quantitative estimate of drug-likeness (QED) is 0.390. The fourth-order valence-electron chi connectivity index (χ4n) is 1.76. The van der Waals surface area contributed by atoms with Gasteiger partial charge in [-0.3, -0.25) is 4.79 Å². The SMILES string of the molecule is C=CCSCC(=O)NS(=O)(=O)c1sc(C(=O)OC)c(C)c1C(=O)OC. The lowest BCUT2D eigenvalue weighted by Crippen LogP contribution is -2.32. The van der Waals surface area contributed by atoms with Crippen LogP contribution < -0.4 is 4.72 Å². The number of amides is 1. The molecule has 0 atom stereocenters. The Labute approximate surface area is 153 Å². The van der Waals surface area contributed by atoms with E-state index in [0.717, 1.165) is 14.2 Å². The van der Waals surface area contributed by atoms with E-state index in [2.05, 4.69) is 16.1 Å². The van der Waals surface area contributed by atoms with Crippen molar-refractivity contribution in [1.82, 2.24) is 4.72 Å². The molecule has 1 amide bonds. The summed E-state index contributed by atoms with van der Waals surface area (Å²) in [5.41, 5.74) is -0.190. The summed E-state index contributed by atoms with van der Waals surface area (Å²) < 4.78 is 35.5. The van der Waals surface area contributed by atoms with Crippen LogP contribution in [0.15, 0.2) is 16.9 Å². The first kappa shape index (κ1) is 21.2. The van der Waals surface area contributed by atoms with Crippen molar-refractivity contribution in [1.29, 1.82) is 0 Å². The van der Waals surface area contributed by atoms with E-state index in [0.29, 0.717) is 17.1 Å². The van der Waals surface area contributed by atoms with Crippen molar-refractivity contribution >= 4 is 51.0 Å². The molecule has 11 heteroatoms. The summed E-state index contributed by atoms with van der Waals surface area (Å²) in [6.45, 7) is 4.89. The fraction of sp³-hybridized carbons (Fsp3) is 0.357. The monoisotopic (exact) mass is 407 g/mol. The largest absolute Gasteiger partial charge is 0.465 e. The fourth-order valence-corrected chi connectivity index (χ4v) is 5.13. The van der Waals surface area contributed by atoms with Gasteiger partial charge >= 0.3 is 11.9 Å². The van der Waals surface area contributed by atoms with Gasteiger partial charge in [-0.05, 0) is 12.5 Å². The molecule has 0 radical (unpaired) electrons. The molecule has 0 unspecified atom stereocenters. The number of thioether (sulfide) groups is 1. The maximum absolute atomic E-state index is 12.5. The number of esters is 2. The van der Waals surface area contributed by atoms with Crippen molar-refractivity contribution < 1.29 is 32.3 Å². The zero-order valence-electron chi connectivity index (χ0n) is 13.8. The number of thiophene rings is 1. The molecule has 1 N–H and O–H groups in total. The van der Waals surface area contributed by atoms with Gasteiger partial charge < -0.3 is 9.47 Å². The van der Waals surface area contributed by atoms with Gasteiger partial charge in [0, 0.05) is 5.75 Å². The van der Waals surface area contributed by atoms with Crippen molar-refractivity contribution in [2.45, 2.75) is 11.1 Å². The minimum absolute atomic E-state index is 0.0586. The van der Waals surface area contributed by atoms with E-state index in [4.69, 9.17) is 0 Å². The van der Waals surface area contributed by atoms with Crippen LogP contribution in [0.25, 0.3) is 0 Å². The van der Waals surface area contributed by atoms with Crippen LogP contribution >= 0.6 is 23.1 Å². The van der Waals surface area contributed by atoms with Crippen LogP contribution in [-0.4, -0.2) is 52.0 Å². The van der Waals surface area contributed by atoms with Gasteiger partial charge in [0.1, 0.15) is 4.88 Å². The zero-order valence-corrected chi connectivity index (χ0v) is 16.2. The summed E-state index contributed by atoms with van der Waals surface area (Å²) in [6, 6.07) is 0. The standard InChI is InChI=1S/C14H17NO7S3/c1-5-6-23-7-9(16)15-25(19,20)14-10(12(17)21-3)8(2)11(24-14)13(18)22-4/h5H,1,6-7H2,2-4H3,(H,15,16). The highest BCUT2D eigenvalue weighted by Crippen LogP contribution is 2.33. The maximum atomic E-state index is 12.5. The molecule has 1 aromatic heterocycles. The number of methoxy groups -OCH3 is 2. The van der Waals surface area contributed by atoms with Crippen LogP contribution in [0.1, 0.15) is 25.6 Å². The van der Waals surface area contributed by atoms with E-state index in [1.54, 1.807) is 6.08 Å². The highest BCUT2D eigenvalue weighted by atomic mass is 32.2. The van der Waals surface area contributed by atoms with Crippen molar-refractivity contribution in [3.05, 3.63) is 28.7 Å². The van der Waals surface area contributed by atoms with E-state index in [9.17, 15) is 22.8 Å². The van der Waals surface area contributed by atoms with Crippen LogP contribution in [0.3, 0.4) is 0 Å². The first-order chi connectivity index (χ1) is 11.7. The Morgan fingerprint density at radius 2 is 1.84 bits per heavy atom. The molecule has 8 nitrogen and oxygen atoms in total. The lowest BCUT2D eigenvalue weighted by Gasteiger charge is -2.07. The molecule has 0 bridgehead atoms. The third kappa shape index (κ3) is 5.06. The Kier molecular flexibility index (Phi) is 7.64. The first-order valence-electron chi connectivity index (χ1n) is 6.73. The van der Waals surface area contributed by atoms with E-state index < -0.39 is 32.1 Å². The summed E-state index contributed by atoms with van der Waals surface area (Å²) in [4.78, 5) is 35.5. The minimum atomic E-state index is -4.35. The second-order valence-electron chi connectivity index (χ2n) is 4.53. The topological polar surface area (TPSA) is 116 Å². The number of hydrogen-bond acceptors (Lipinski definition) is 9. The predicted molar refractivity (Wildman–Crippen MR) is 94.6 cm³/mol. The number of rotatable bonds is 8. The van der Waals surface area contributed by atoms with Gasteiger partial charge in [-0.1, -0.05) is 6.08 Å². The number of carbonyl (C=O) groups excluding carboxylic acids is 3. The molecule has 0 aliphatic carbocycles. The lowest BCUT2D eigenvalue weighted by molar-refractivity contribution is -0.116. The van der Waals surface area contributed by atoms with Crippen LogP contribution in [0, 0.1) is 6.92 Å². The van der Waals surface area contributed by atoms with Crippen molar-refractivity contribution in [2.24, 2.45) is 0 Å². The second kappa shape index (κ2) is 9.02. The second-order valence-corrected chi connectivity index (χ2v) is 8.46. The molecule has 0 aliphatic rings. The average molecular weight is 407 g/mol. The highest BCUT2D eigenvalue weighted by Gasteiger charge is 2.33. The molecule has 1 heterocycles. The van der Waals surface area contributed by atoms with Gasteiger partial charge in [-0.15, -0.1) is 29.7 Å². The normalized spacial score (nSPS) is 10.8. The molecule has 1 aromatic rings. The first-order valence-corrected chi connectivity index (χ1v) is 10.2. The Morgan fingerprint density at radius 1 is 1.24 bits per heavy atom. The van der Waals surface area contributed by atoms with Crippen molar-refractivity contribution in [3.63, 3.8) is 0 Å². The summed E-state index contributed by atoms with van der Waals surface area (Å²) >= 11 is 1.71. The minimum Gasteiger partial charge on any atom is -0.465 e. The van der Waals surface area contributed by atoms with Crippen LogP contribution in [0.5, 0.6) is 0 Å². The van der Waals surface area contributed by atoms with Gasteiger partial charge in [0.15, 0.2) is 4.21 Å². The third-order valence-electron chi connectivity index (χ3n) is 2.84. The molecule has 0 aromatic carbocycles. The van der Waals surface area contributed by atoms with Crippen LogP contribution in [-0.2, 0) is 24.3 Å². The van der Waals surface area contributed by atoms with Crippen molar-refractivity contribution in [3.8, 4) is 0 Å². The summed E-state index contributed by atoms with van der Waals surface area (Å²) in [7, 11) is -2.14. The molecule has 0 saturated heterocycles. The smallest absolute Gasteiger partial charge is 0.348 e. The number of sulfonamides is 1. The molecule has 138 valence electrons. The third-order valence-corrected chi connectivity index (χ3v) is 6.94. The molecule has 0 saturated carbocycles. The molecule has 1 rings (SSSR count). The Balaban J connectivity index is 3.29. The van der Waals surface area contributed by atoms with Gasteiger partial charge in [0.05, 0.1) is 25.5 Å². The van der Waals surface area contributed by atoms with Gasteiger partial charge in [0.2, 0.25) is 5.91 Å². The van der Waals surface area contributed by atoms with Crippen LogP contribution in [0.2, 0.25) is 0 Å². The number of carbonyl (C=O) groups is 3. The van der Waals surface area contributed by atoms with E-state index >= 15 is 0 Å². The van der Waals surface area contributed by atoms with Crippen LogP contribution in [0.4, 0.5) is 0 Å². The van der Waals surface area contributed by atoms with E-state index in [1.807, 2.05) is 4.72 Å². The molecular formula is C14H17NO7S3. The number of ether oxygens (including phenoxy) is 2. The summed E-state index contributed by atoms with van der Waals surface area (Å²) in [5, 5.41) is 0. The molecule has 0 spiro atoms. The number of nitrogens with one attached hydrogen (secondary N) is 1. The van der Waals surface area contributed by atoms with E-state index in [-0.39, 0.29) is 21.8 Å². The Bertz CT molecular complexity index is 796. The molecule has 0 aliphatic heterocycles. The Hall–Kier alpha value is -1.85. The predicted octanol–water partition coefficient (Wildman–Crippen LogP) is 1.35. The lowest BCUT2D eigenvalue weighted by atomic mass is 10.2. The highest BCUT2D eigenvalue weighted by molar-refractivity contribution is 8.00. The average Bonchev–Trinajstić information content (AvgIpc) is 2.91. The zero-order chi connectivity index (χ0) is 19.2. The Morgan fingerprint density at radius 3 is 2.36 bits per heavy atom. The van der Waals surface area contributed by atoms with Gasteiger partial charge in [-0.25, -0.2) is 22.7 Å². The summed E-state index contributed by atoms with van der Waals surface area (Å²) in [6.07, 6.45) is 1.58. The molecular weight excluding hydrogens is 390 g/mol. The maximum Gasteiger partial charge on any atom is 0.348 e. The van der Waals surface area contributed by atoms with Gasteiger partial charge in [0.25, 0.3) is 10.0 Å².